The molecule has 1 aromatic carbocycles. The van der Waals surface area contributed by atoms with Crippen LogP contribution in [-0.2, 0) is 12.8 Å². The van der Waals surface area contributed by atoms with Crippen molar-refractivity contribution in [3.8, 4) is 11.8 Å². The summed E-state index contributed by atoms with van der Waals surface area (Å²) in [6.45, 7) is 2.20. The summed E-state index contributed by atoms with van der Waals surface area (Å²) in [5.41, 5.74) is 2.08. The fourth-order valence-electron chi connectivity index (χ4n) is 3.54. The number of ether oxygens (including phenoxy) is 1. The predicted octanol–water partition coefficient (Wildman–Crippen LogP) is 5.44. The number of nitrogens with one attached hydrogen (secondary N) is 1. The molecule has 26 heavy (non-hydrogen) atoms. The molecule has 1 heterocycles. The highest BCUT2D eigenvalue weighted by molar-refractivity contribution is 7.16. The summed E-state index contributed by atoms with van der Waals surface area (Å²) in [7, 11) is 1.51. The summed E-state index contributed by atoms with van der Waals surface area (Å²) in [6, 6.07) is 7.20. The van der Waals surface area contributed by atoms with Crippen molar-refractivity contribution >= 4 is 33.8 Å². The molecule has 1 atom stereocenters. The van der Waals surface area contributed by atoms with E-state index in [-0.39, 0.29) is 5.91 Å². The topological polar surface area (TPSA) is 62.1 Å². The van der Waals surface area contributed by atoms with Gasteiger partial charge in [0.15, 0.2) is 0 Å². The SMILES string of the molecule is CCCC1CCc2c(sc(NC(=O)c3cc(Cl)ccc3OC)c2C#N)C1. The maximum absolute atomic E-state index is 12.7. The van der Waals surface area contributed by atoms with E-state index in [9.17, 15) is 10.1 Å². The van der Waals surface area contributed by atoms with Crippen LogP contribution in [0.25, 0.3) is 0 Å². The van der Waals surface area contributed by atoms with Crippen molar-refractivity contribution in [2.75, 3.05) is 12.4 Å². The lowest BCUT2D eigenvalue weighted by atomic mass is 9.85. The average Bonchev–Trinajstić information content (AvgIpc) is 2.98. The molecule has 1 N–H and O–H groups in total. The van der Waals surface area contributed by atoms with Gasteiger partial charge in [-0.1, -0.05) is 31.4 Å². The molecule has 3 rings (SSSR count). The van der Waals surface area contributed by atoms with Crippen LogP contribution in [0.4, 0.5) is 5.00 Å². The van der Waals surface area contributed by atoms with Crippen molar-refractivity contribution in [1.29, 1.82) is 5.26 Å². The van der Waals surface area contributed by atoms with Gasteiger partial charge in [-0.15, -0.1) is 11.3 Å². The Morgan fingerprint density at radius 1 is 1.50 bits per heavy atom. The Bertz CT molecular complexity index is 869. The number of nitrogens with zero attached hydrogens (tertiary/aromatic N) is 1. The second-order valence-corrected chi connectivity index (χ2v) is 8.06. The predicted molar refractivity (Wildman–Crippen MR) is 105 cm³/mol. The highest BCUT2D eigenvalue weighted by atomic mass is 35.5. The molecule has 136 valence electrons. The molecule has 0 spiro atoms. The zero-order valence-corrected chi connectivity index (χ0v) is 16.5. The van der Waals surface area contributed by atoms with Crippen LogP contribution in [0.2, 0.25) is 5.02 Å². The Morgan fingerprint density at radius 2 is 2.31 bits per heavy atom. The molecule has 0 radical (unpaired) electrons. The number of fused-ring (bicyclic) bond motifs is 1. The lowest BCUT2D eigenvalue weighted by molar-refractivity contribution is 0.102. The first kappa shape index (κ1) is 18.8. The molecular formula is C20H21ClN2O2S. The molecule has 1 aromatic heterocycles. The fraction of sp³-hybridized carbons (Fsp3) is 0.400. The largest absolute Gasteiger partial charge is 0.496 e. The van der Waals surface area contributed by atoms with Gasteiger partial charge in [-0.3, -0.25) is 4.79 Å². The minimum Gasteiger partial charge on any atom is -0.496 e. The molecule has 0 bridgehead atoms. The third kappa shape index (κ3) is 3.72. The Kier molecular flexibility index (Phi) is 5.85. The number of methoxy groups -OCH3 is 1. The maximum atomic E-state index is 12.7. The monoisotopic (exact) mass is 388 g/mol. The van der Waals surface area contributed by atoms with Crippen molar-refractivity contribution in [2.45, 2.75) is 39.0 Å². The Morgan fingerprint density at radius 3 is 3.00 bits per heavy atom. The van der Waals surface area contributed by atoms with Gasteiger partial charge in [0.05, 0.1) is 18.2 Å². The van der Waals surface area contributed by atoms with Crippen molar-refractivity contribution in [1.82, 2.24) is 0 Å². The Hall–Kier alpha value is -2.03. The van der Waals surface area contributed by atoms with Crippen LogP contribution in [0.15, 0.2) is 18.2 Å². The summed E-state index contributed by atoms with van der Waals surface area (Å²) < 4.78 is 5.26. The molecule has 1 aliphatic carbocycles. The van der Waals surface area contributed by atoms with Gasteiger partial charge in [-0.05, 0) is 48.9 Å². The molecule has 0 saturated carbocycles. The van der Waals surface area contributed by atoms with E-state index in [1.165, 1.54) is 36.2 Å². The van der Waals surface area contributed by atoms with E-state index in [1.807, 2.05) is 0 Å². The summed E-state index contributed by atoms with van der Waals surface area (Å²) in [5.74, 6) is 0.813. The van der Waals surface area contributed by atoms with Crippen molar-refractivity contribution in [2.24, 2.45) is 5.92 Å². The van der Waals surface area contributed by atoms with E-state index < -0.39 is 0 Å². The second-order valence-electron chi connectivity index (χ2n) is 6.52. The number of nitriles is 1. The minimum atomic E-state index is -0.315. The third-order valence-electron chi connectivity index (χ3n) is 4.81. The van der Waals surface area contributed by atoms with Crippen LogP contribution in [0, 0.1) is 17.2 Å². The van der Waals surface area contributed by atoms with Gasteiger partial charge in [0.1, 0.15) is 16.8 Å². The van der Waals surface area contributed by atoms with Crippen molar-refractivity contribution in [3.63, 3.8) is 0 Å². The van der Waals surface area contributed by atoms with E-state index in [0.29, 0.717) is 32.8 Å². The first-order valence-electron chi connectivity index (χ1n) is 8.76. The van der Waals surface area contributed by atoms with Crippen molar-refractivity contribution < 1.29 is 9.53 Å². The van der Waals surface area contributed by atoms with Gasteiger partial charge in [-0.25, -0.2) is 0 Å². The van der Waals surface area contributed by atoms with E-state index in [4.69, 9.17) is 16.3 Å². The van der Waals surface area contributed by atoms with Crippen molar-refractivity contribution in [3.05, 3.63) is 44.8 Å². The van der Waals surface area contributed by atoms with E-state index in [0.717, 1.165) is 24.8 Å². The minimum absolute atomic E-state index is 0.315. The number of hydrogen-bond acceptors (Lipinski definition) is 4. The summed E-state index contributed by atoms with van der Waals surface area (Å²) in [6.07, 6.45) is 5.41. The number of amides is 1. The van der Waals surface area contributed by atoms with E-state index in [1.54, 1.807) is 18.2 Å². The van der Waals surface area contributed by atoms with Gasteiger partial charge in [0.2, 0.25) is 0 Å². The number of rotatable bonds is 5. The third-order valence-corrected chi connectivity index (χ3v) is 6.21. The molecule has 1 aliphatic rings. The van der Waals surface area contributed by atoms with Gasteiger partial charge in [0.25, 0.3) is 5.91 Å². The zero-order valence-electron chi connectivity index (χ0n) is 14.9. The number of anilines is 1. The van der Waals surface area contributed by atoms with Gasteiger partial charge in [0, 0.05) is 9.90 Å². The highest BCUT2D eigenvalue weighted by Gasteiger charge is 2.26. The number of hydrogen-bond donors (Lipinski definition) is 1. The molecule has 1 unspecified atom stereocenters. The van der Waals surface area contributed by atoms with Gasteiger partial charge >= 0.3 is 0 Å². The quantitative estimate of drug-likeness (QED) is 0.741. The number of carbonyl (C=O) groups is 1. The first-order chi connectivity index (χ1) is 12.6. The van der Waals surface area contributed by atoms with Crippen LogP contribution < -0.4 is 10.1 Å². The zero-order chi connectivity index (χ0) is 18.7. The van der Waals surface area contributed by atoms with Gasteiger partial charge in [-0.2, -0.15) is 5.26 Å². The van der Waals surface area contributed by atoms with Crippen LogP contribution in [0.5, 0.6) is 5.75 Å². The molecule has 0 aliphatic heterocycles. The number of carbonyl (C=O) groups excluding carboxylic acids is 1. The normalized spacial score (nSPS) is 15.8. The first-order valence-corrected chi connectivity index (χ1v) is 9.96. The lowest BCUT2D eigenvalue weighted by Gasteiger charge is -2.21. The second kappa shape index (κ2) is 8.11. The Balaban J connectivity index is 1.88. The van der Waals surface area contributed by atoms with Crippen LogP contribution in [0.1, 0.15) is 52.5 Å². The highest BCUT2D eigenvalue weighted by Crippen LogP contribution is 2.40. The smallest absolute Gasteiger partial charge is 0.260 e. The molecule has 2 aromatic rings. The standard InChI is InChI=1S/C20H21ClN2O2S/c1-3-4-12-5-7-14-16(11-22)20(26-18(14)9-12)23-19(24)15-10-13(21)6-8-17(15)25-2/h6,8,10,12H,3-5,7,9H2,1-2H3,(H,23,24). The number of halogens is 1. The maximum Gasteiger partial charge on any atom is 0.260 e. The molecule has 1 amide bonds. The molecule has 0 saturated heterocycles. The fourth-order valence-corrected chi connectivity index (χ4v) is 5.02. The van der Waals surface area contributed by atoms with Crippen LogP contribution >= 0.6 is 22.9 Å². The molecule has 6 heteroatoms. The van der Waals surface area contributed by atoms with Gasteiger partial charge < -0.3 is 10.1 Å². The molecule has 0 fully saturated rings. The molecule has 4 nitrogen and oxygen atoms in total. The van der Waals surface area contributed by atoms with E-state index >= 15 is 0 Å². The number of benzene rings is 1. The van der Waals surface area contributed by atoms with Crippen LogP contribution in [-0.4, -0.2) is 13.0 Å². The lowest BCUT2D eigenvalue weighted by Crippen LogP contribution is -2.14. The summed E-state index contributed by atoms with van der Waals surface area (Å²) in [5, 5.41) is 13.6. The Labute approximate surface area is 162 Å². The average molecular weight is 389 g/mol. The summed E-state index contributed by atoms with van der Waals surface area (Å²) >= 11 is 7.55. The van der Waals surface area contributed by atoms with Crippen LogP contribution in [0.3, 0.4) is 0 Å². The number of thiophene rings is 1. The molecular weight excluding hydrogens is 368 g/mol. The van der Waals surface area contributed by atoms with E-state index in [2.05, 4.69) is 18.3 Å². The summed E-state index contributed by atoms with van der Waals surface area (Å²) in [4.78, 5) is 14.0.